The molecule has 0 unspecified atom stereocenters. The summed E-state index contributed by atoms with van der Waals surface area (Å²) in [4.78, 5) is 0. The van der Waals surface area contributed by atoms with Crippen LogP contribution in [0.5, 0.6) is 23.0 Å². The first-order valence-electron chi connectivity index (χ1n) is 22.8. The first-order chi connectivity index (χ1) is 33.2. The van der Waals surface area contributed by atoms with E-state index in [4.69, 9.17) is 18.3 Å². The molecule has 0 aliphatic carbocycles. The van der Waals surface area contributed by atoms with E-state index in [1.165, 1.54) is 21.5 Å². The molecule has 0 spiro atoms. The summed E-state index contributed by atoms with van der Waals surface area (Å²) in [7, 11) is 0. The topological polar surface area (TPSA) is 54.6 Å². The van der Waals surface area contributed by atoms with Crippen molar-refractivity contribution in [2.24, 2.45) is 0 Å². The van der Waals surface area contributed by atoms with Crippen LogP contribution in [0, 0.1) is 0 Å². The monoisotopic (exact) mass is 856 g/mol. The van der Waals surface area contributed by atoms with E-state index in [9.17, 15) is 0 Å². The van der Waals surface area contributed by atoms with Crippen LogP contribution >= 0.6 is 0 Å². The fourth-order valence-electron chi connectivity index (χ4n) is 11.6. The third kappa shape index (κ3) is 4.74. The van der Waals surface area contributed by atoms with Gasteiger partial charge in [-0.15, -0.1) is 0 Å². The standard InChI is InChI=1S/C60H33BN2O4/c1-6-19-46-38(12-1)39-13-2-7-20-47(39)62(46)35-24-26-44-53(32-35)65-55-30-34(37-17-11-18-43-58-52(67-60(37)43)29-28-51-57(58)42-16-5-10-23-50(42)64-51)31-56-59(55)61(44)45-27-25-36(33-54(45)66-56)63-48-21-8-3-14-40(48)41-15-4-9-22-49(41)63/h1-33H. The highest BCUT2D eigenvalue weighted by atomic mass is 16.5. The lowest BCUT2D eigenvalue weighted by molar-refractivity contribution is 0.464. The number of furan rings is 2. The normalized spacial score (nSPS) is 13.0. The van der Waals surface area contributed by atoms with E-state index in [0.29, 0.717) is 0 Å². The van der Waals surface area contributed by atoms with Crippen LogP contribution < -0.4 is 25.9 Å². The molecule has 14 aromatic rings. The van der Waals surface area contributed by atoms with Crippen molar-refractivity contribution in [3.63, 3.8) is 0 Å². The molecule has 6 nitrogen and oxygen atoms in total. The van der Waals surface area contributed by atoms with Crippen molar-refractivity contribution in [2.45, 2.75) is 0 Å². The summed E-state index contributed by atoms with van der Waals surface area (Å²) in [6, 6.07) is 70.9. The third-order valence-electron chi connectivity index (χ3n) is 14.4. The lowest BCUT2D eigenvalue weighted by Crippen LogP contribution is -2.57. The second-order valence-electron chi connectivity index (χ2n) is 17.9. The predicted octanol–water partition coefficient (Wildman–Crippen LogP) is 14.1. The van der Waals surface area contributed by atoms with Gasteiger partial charge in [-0.1, -0.05) is 121 Å². The van der Waals surface area contributed by atoms with Crippen molar-refractivity contribution < 1.29 is 18.3 Å². The number of rotatable bonds is 3. The highest BCUT2D eigenvalue weighted by Crippen LogP contribution is 2.46. The molecule has 0 amide bonds. The highest BCUT2D eigenvalue weighted by molar-refractivity contribution is 6.98. The number of fused-ring (bicyclic) bond motifs is 17. The van der Waals surface area contributed by atoms with Gasteiger partial charge in [0.15, 0.2) is 0 Å². The minimum atomic E-state index is -0.143. The van der Waals surface area contributed by atoms with Crippen molar-refractivity contribution >= 4 is 111 Å². The molecule has 16 rings (SSSR count). The molecule has 4 aromatic heterocycles. The van der Waals surface area contributed by atoms with E-state index in [1.807, 2.05) is 24.3 Å². The molecule has 0 radical (unpaired) electrons. The van der Waals surface area contributed by atoms with Gasteiger partial charge in [0.2, 0.25) is 0 Å². The fraction of sp³-hybridized carbons (Fsp3) is 0. The van der Waals surface area contributed by atoms with Gasteiger partial charge < -0.3 is 27.4 Å². The van der Waals surface area contributed by atoms with Gasteiger partial charge >= 0.3 is 0 Å². The average Bonchev–Trinajstić information content (AvgIpc) is 4.13. The molecule has 0 fully saturated rings. The van der Waals surface area contributed by atoms with E-state index in [2.05, 4.69) is 185 Å². The maximum Gasteiger partial charge on any atom is 0.260 e. The van der Waals surface area contributed by atoms with Crippen LogP contribution in [0.1, 0.15) is 0 Å². The molecule has 0 saturated carbocycles. The number of para-hydroxylation sites is 6. The highest BCUT2D eigenvalue weighted by Gasteiger charge is 2.41. The smallest absolute Gasteiger partial charge is 0.260 e. The fourth-order valence-corrected chi connectivity index (χ4v) is 11.6. The molecule has 10 aromatic carbocycles. The molecule has 0 saturated heterocycles. The maximum absolute atomic E-state index is 7.17. The first-order valence-corrected chi connectivity index (χ1v) is 22.8. The Labute approximate surface area is 382 Å². The summed E-state index contributed by atoms with van der Waals surface area (Å²) in [6.45, 7) is -0.143. The number of nitrogens with zero attached hydrogens (tertiary/aromatic N) is 2. The molecule has 67 heavy (non-hydrogen) atoms. The molecule has 310 valence electrons. The maximum atomic E-state index is 7.17. The summed E-state index contributed by atoms with van der Waals surface area (Å²) in [6.07, 6.45) is 0. The van der Waals surface area contributed by atoms with Gasteiger partial charge in [-0.3, -0.25) is 0 Å². The van der Waals surface area contributed by atoms with E-state index < -0.39 is 0 Å². The Bertz CT molecular complexity index is 4200. The molecular weight excluding hydrogens is 823 g/mol. The Morgan fingerprint density at radius 2 is 0.806 bits per heavy atom. The zero-order valence-electron chi connectivity index (χ0n) is 35.7. The summed E-state index contributed by atoms with van der Waals surface area (Å²) >= 11 is 0. The first kappa shape index (κ1) is 35.4. The minimum absolute atomic E-state index is 0.143. The second kappa shape index (κ2) is 12.9. The molecular formula is C60H33BN2O4. The van der Waals surface area contributed by atoms with E-state index in [1.54, 1.807) is 0 Å². The van der Waals surface area contributed by atoms with Gasteiger partial charge in [-0.2, -0.15) is 0 Å². The van der Waals surface area contributed by atoms with Crippen LogP contribution in [0.3, 0.4) is 0 Å². The molecule has 2 aliphatic heterocycles. The molecule has 0 atom stereocenters. The molecule has 6 heterocycles. The summed E-state index contributed by atoms with van der Waals surface area (Å²) in [5, 5.41) is 9.07. The van der Waals surface area contributed by atoms with Crippen LogP contribution in [0.15, 0.2) is 209 Å². The predicted molar refractivity (Wildman–Crippen MR) is 273 cm³/mol. The zero-order valence-corrected chi connectivity index (χ0v) is 35.7. The Balaban J connectivity index is 0.927. The Kier molecular flexibility index (Phi) is 6.80. The SMILES string of the molecule is c1ccc2c(c1)oc1ccc3oc4c(-c5cc6c7c(c5)Oc5cc(-n8c9ccccc9c9ccccc98)ccc5B7c5ccc(-n7c8ccccc8c8ccccc87)cc5O6)cccc4c3c12. The van der Waals surface area contributed by atoms with Crippen LogP contribution in [0.2, 0.25) is 0 Å². The Morgan fingerprint density at radius 3 is 1.36 bits per heavy atom. The van der Waals surface area contributed by atoms with Gasteiger partial charge in [0.05, 0.1) is 22.1 Å². The number of hydrogen-bond acceptors (Lipinski definition) is 4. The van der Waals surface area contributed by atoms with Crippen molar-refractivity contribution in [3.05, 3.63) is 200 Å². The third-order valence-corrected chi connectivity index (χ3v) is 14.4. The number of ether oxygens (including phenoxy) is 2. The summed E-state index contributed by atoms with van der Waals surface area (Å²) in [5.74, 6) is 3.15. The number of hydrogen-bond donors (Lipinski definition) is 0. The largest absolute Gasteiger partial charge is 0.458 e. The molecule has 7 heteroatoms. The van der Waals surface area contributed by atoms with Crippen molar-refractivity contribution in [2.75, 3.05) is 0 Å². The number of aromatic nitrogens is 2. The molecule has 2 aliphatic rings. The van der Waals surface area contributed by atoms with Gasteiger partial charge in [-0.25, -0.2) is 0 Å². The Morgan fingerprint density at radius 1 is 0.343 bits per heavy atom. The summed E-state index contributed by atoms with van der Waals surface area (Å²) in [5.41, 5.74) is 15.1. The average molecular weight is 857 g/mol. The van der Waals surface area contributed by atoms with E-state index in [0.717, 1.165) is 128 Å². The van der Waals surface area contributed by atoms with Crippen LogP contribution in [0.4, 0.5) is 0 Å². The van der Waals surface area contributed by atoms with Crippen molar-refractivity contribution in [3.8, 4) is 45.5 Å². The van der Waals surface area contributed by atoms with E-state index in [-0.39, 0.29) is 6.71 Å². The summed E-state index contributed by atoms with van der Waals surface area (Å²) < 4.78 is 32.2. The van der Waals surface area contributed by atoms with Crippen LogP contribution in [0.25, 0.3) is 110 Å². The number of benzene rings is 10. The van der Waals surface area contributed by atoms with E-state index >= 15 is 0 Å². The van der Waals surface area contributed by atoms with Crippen LogP contribution in [-0.4, -0.2) is 15.8 Å². The van der Waals surface area contributed by atoms with Crippen LogP contribution in [-0.2, 0) is 0 Å². The van der Waals surface area contributed by atoms with Crippen molar-refractivity contribution in [1.29, 1.82) is 0 Å². The van der Waals surface area contributed by atoms with Crippen molar-refractivity contribution in [1.82, 2.24) is 9.13 Å². The lowest BCUT2D eigenvalue weighted by atomic mass is 9.35. The zero-order chi connectivity index (χ0) is 43.5. The molecule has 0 bridgehead atoms. The molecule has 0 N–H and O–H groups in total. The van der Waals surface area contributed by atoms with Gasteiger partial charge in [0.1, 0.15) is 45.3 Å². The van der Waals surface area contributed by atoms with Gasteiger partial charge in [-0.05, 0) is 83.2 Å². The Hall–Kier alpha value is -8.94. The lowest BCUT2D eigenvalue weighted by Gasteiger charge is -2.34. The van der Waals surface area contributed by atoms with Gasteiger partial charge in [0, 0.05) is 77.6 Å². The quantitative estimate of drug-likeness (QED) is 0.166. The second-order valence-corrected chi connectivity index (χ2v) is 17.9. The minimum Gasteiger partial charge on any atom is -0.458 e. The van der Waals surface area contributed by atoms with Gasteiger partial charge in [0.25, 0.3) is 6.71 Å².